The van der Waals surface area contributed by atoms with Crippen LogP contribution >= 0.6 is 0 Å². The predicted molar refractivity (Wildman–Crippen MR) is 124 cm³/mol. The van der Waals surface area contributed by atoms with Gasteiger partial charge in [0.1, 0.15) is 5.75 Å². The first-order valence-corrected chi connectivity index (χ1v) is 12.7. The molecule has 9 heteroatoms. The Morgan fingerprint density at radius 3 is 2.18 bits per heavy atom. The fourth-order valence-electron chi connectivity index (χ4n) is 3.60. The van der Waals surface area contributed by atoms with Crippen LogP contribution in [0.3, 0.4) is 0 Å². The van der Waals surface area contributed by atoms with Crippen molar-refractivity contribution >= 4 is 22.1 Å². The van der Waals surface area contributed by atoms with Crippen molar-refractivity contribution in [1.82, 2.24) is 9.62 Å². The second-order valence-corrected chi connectivity index (χ2v) is 9.72. The average molecular weight is 475 g/mol. The monoisotopic (exact) mass is 474 g/mol. The molecule has 0 spiro atoms. The first-order valence-electron chi connectivity index (χ1n) is 11.2. The molecule has 0 radical (unpaired) electrons. The fourth-order valence-corrected chi connectivity index (χ4v) is 5.12. The van der Waals surface area contributed by atoms with E-state index in [0.717, 1.165) is 31.2 Å². The van der Waals surface area contributed by atoms with Crippen LogP contribution in [0.2, 0.25) is 0 Å². The minimum absolute atomic E-state index is 0.219. The van der Waals surface area contributed by atoms with Crippen molar-refractivity contribution in [2.45, 2.75) is 43.9 Å². The van der Waals surface area contributed by atoms with E-state index in [-0.39, 0.29) is 12.5 Å². The Morgan fingerprint density at radius 2 is 1.58 bits per heavy atom. The van der Waals surface area contributed by atoms with Gasteiger partial charge in [-0.3, -0.25) is 4.79 Å². The molecule has 178 valence electrons. The lowest BCUT2D eigenvalue weighted by molar-refractivity contribution is 0.0954. The van der Waals surface area contributed by atoms with E-state index < -0.39 is 16.2 Å². The van der Waals surface area contributed by atoms with E-state index in [1.165, 1.54) is 12.1 Å². The van der Waals surface area contributed by atoms with Crippen LogP contribution < -0.4 is 10.1 Å². The van der Waals surface area contributed by atoms with Gasteiger partial charge in [0.15, 0.2) is 0 Å². The number of benzene rings is 2. The Bertz CT molecular complexity index is 1030. The standard InChI is InChI=1S/C24H30N2O6S/c1-2-31-24(28)32-21-11-9-20(10-12-21)23(27)25-16-15-19-7-13-22(14-8-19)33(29,30)26-17-5-3-4-6-18-26/h7-14H,2-6,15-18H2,1H3,(H,25,27). The number of carbonyl (C=O) groups excluding carboxylic acids is 2. The number of carbonyl (C=O) groups is 2. The molecule has 0 atom stereocenters. The summed E-state index contributed by atoms with van der Waals surface area (Å²) < 4.78 is 37.0. The maximum atomic E-state index is 12.9. The molecule has 1 aliphatic rings. The van der Waals surface area contributed by atoms with Crippen LogP contribution in [0.4, 0.5) is 4.79 Å². The van der Waals surface area contributed by atoms with E-state index in [1.54, 1.807) is 47.6 Å². The second-order valence-electron chi connectivity index (χ2n) is 7.78. The molecule has 3 rings (SSSR count). The molecular weight excluding hydrogens is 444 g/mol. The number of sulfonamides is 1. The number of rotatable bonds is 8. The average Bonchev–Trinajstić information content (AvgIpc) is 3.10. The van der Waals surface area contributed by atoms with Crippen molar-refractivity contribution in [3.63, 3.8) is 0 Å². The third kappa shape index (κ3) is 7.03. The third-order valence-corrected chi connectivity index (χ3v) is 7.32. The SMILES string of the molecule is CCOC(=O)Oc1ccc(C(=O)NCCc2ccc(S(=O)(=O)N3CCCCCC3)cc2)cc1. The summed E-state index contributed by atoms with van der Waals surface area (Å²) in [6, 6.07) is 13.0. The summed E-state index contributed by atoms with van der Waals surface area (Å²) in [4.78, 5) is 24.0. The van der Waals surface area contributed by atoms with E-state index in [1.807, 2.05) is 0 Å². The lowest BCUT2D eigenvalue weighted by Gasteiger charge is -2.20. The van der Waals surface area contributed by atoms with Crippen LogP contribution in [-0.2, 0) is 21.2 Å². The van der Waals surface area contributed by atoms with Crippen LogP contribution in [-0.4, -0.2) is 51.0 Å². The molecule has 0 aliphatic carbocycles. The van der Waals surface area contributed by atoms with Gasteiger partial charge in [-0.25, -0.2) is 13.2 Å². The van der Waals surface area contributed by atoms with Gasteiger partial charge >= 0.3 is 6.16 Å². The van der Waals surface area contributed by atoms with Gasteiger partial charge in [-0.2, -0.15) is 4.31 Å². The maximum absolute atomic E-state index is 12.9. The van der Waals surface area contributed by atoms with Crippen LogP contribution in [0.1, 0.15) is 48.5 Å². The molecule has 0 aromatic heterocycles. The molecule has 1 saturated heterocycles. The number of hydrogen-bond donors (Lipinski definition) is 1. The van der Waals surface area contributed by atoms with Gasteiger partial charge in [-0.1, -0.05) is 25.0 Å². The highest BCUT2D eigenvalue weighted by atomic mass is 32.2. The van der Waals surface area contributed by atoms with Gasteiger partial charge in [-0.05, 0) is 68.1 Å². The molecule has 1 amide bonds. The molecule has 0 bridgehead atoms. The summed E-state index contributed by atoms with van der Waals surface area (Å²) in [5.74, 6) is 0.0401. The number of amides is 1. The summed E-state index contributed by atoms with van der Waals surface area (Å²) >= 11 is 0. The highest BCUT2D eigenvalue weighted by Gasteiger charge is 2.24. The zero-order chi connectivity index (χ0) is 23.7. The maximum Gasteiger partial charge on any atom is 0.513 e. The highest BCUT2D eigenvalue weighted by Crippen LogP contribution is 2.21. The predicted octanol–water partition coefficient (Wildman–Crippen LogP) is 3.76. The fraction of sp³-hybridized carbons (Fsp3) is 0.417. The van der Waals surface area contributed by atoms with Gasteiger partial charge in [0, 0.05) is 25.2 Å². The van der Waals surface area contributed by atoms with Gasteiger partial charge in [0.25, 0.3) is 5.91 Å². The normalized spacial score (nSPS) is 14.8. The molecule has 33 heavy (non-hydrogen) atoms. The third-order valence-electron chi connectivity index (χ3n) is 5.41. The zero-order valence-electron chi connectivity index (χ0n) is 18.8. The van der Waals surface area contributed by atoms with E-state index in [2.05, 4.69) is 5.32 Å². The van der Waals surface area contributed by atoms with Crippen molar-refractivity contribution in [2.24, 2.45) is 0 Å². The van der Waals surface area contributed by atoms with E-state index in [9.17, 15) is 18.0 Å². The Hall–Kier alpha value is -2.91. The summed E-state index contributed by atoms with van der Waals surface area (Å²) in [6.07, 6.45) is 3.72. The zero-order valence-corrected chi connectivity index (χ0v) is 19.6. The number of nitrogens with zero attached hydrogens (tertiary/aromatic N) is 1. The molecule has 0 unspecified atom stereocenters. The second kappa shape index (κ2) is 11.8. The molecule has 1 N–H and O–H groups in total. The summed E-state index contributed by atoms with van der Waals surface area (Å²) in [7, 11) is -3.46. The Kier molecular flexibility index (Phi) is 8.85. The summed E-state index contributed by atoms with van der Waals surface area (Å²) in [5, 5.41) is 2.83. The quantitative estimate of drug-likeness (QED) is 0.462. The summed E-state index contributed by atoms with van der Waals surface area (Å²) in [5.41, 5.74) is 1.37. The topological polar surface area (TPSA) is 102 Å². The molecule has 0 saturated carbocycles. The molecule has 2 aromatic rings. The molecule has 1 aliphatic heterocycles. The minimum atomic E-state index is -3.46. The molecule has 8 nitrogen and oxygen atoms in total. The van der Waals surface area contributed by atoms with Crippen molar-refractivity contribution in [2.75, 3.05) is 26.2 Å². The number of ether oxygens (including phenoxy) is 2. The van der Waals surface area contributed by atoms with Gasteiger partial charge in [0.05, 0.1) is 11.5 Å². The largest absolute Gasteiger partial charge is 0.513 e. The minimum Gasteiger partial charge on any atom is -0.434 e. The van der Waals surface area contributed by atoms with Crippen molar-refractivity contribution in [3.05, 3.63) is 59.7 Å². The molecule has 1 heterocycles. The van der Waals surface area contributed by atoms with Crippen LogP contribution in [0.25, 0.3) is 0 Å². The summed E-state index contributed by atoms with van der Waals surface area (Å²) in [6.45, 7) is 3.45. The smallest absolute Gasteiger partial charge is 0.434 e. The Labute approximate surface area is 194 Å². The van der Waals surface area contributed by atoms with E-state index >= 15 is 0 Å². The van der Waals surface area contributed by atoms with Crippen molar-refractivity contribution < 1.29 is 27.5 Å². The molecule has 1 fully saturated rings. The number of nitrogens with one attached hydrogen (secondary N) is 1. The Morgan fingerprint density at radius 1 is 0.939 bits per heavy atom. The number of hydrogen-bond acceptors (Lipinski definition) is 6. The highest BCUT2D eigenvalue weighted by molar-refractivity contribution is 7.89. The van der Waals surface area contributed by atoms with Gasteiger partial charge in [-0.15, -0.1) is 0 Å². The van der Waals surface area contributed by atoms with Crippen LogP contribution in [0, 0.1) is 0 Å². The van der Waals surface area contributed by atoms with Gasteiger partial charge < -0.3 is 14.8 Å². The van der Waals surface area contributed by atoms with Crippen molar-refractivity contribution in [3.8, 4) is 5.75 Å². The van der Waals surface area contributed by atoms with Gasteiger partial charge in [0.2, 0.25) is 10.0 Å². The Balaban J connectivity index is 1.49. The molecule has 2 aromatic carbocycles. The van der Waals surface area contributed by atoms with Crippen LogP contribution in [0.15, 0.2) is 53.4 Å². The first kappa shape index (κ1) is 24.7. The van der Waals surface area contributed by atoms with Crippen molar-refractivity contribution in [1.29, 1.82) is 0 Å². The lowest BCUT2D eigenvalue weighted by Crippen LogP contribution is -2.31. The first-order chi connectivity index (χ1) is 15.9. The van der Waals surface area contributed by atoms with Crippen LogP contribution in [0.5, 0.6) is 5.75 Å². The lowest BCUT2D eigenvalue weighted by atomic mass is 10.1. The van der Waals surface area contributed by atoms with E-state index in [4.69, 9.17) is 9.47 Å². The van der Waals surface area contributed by atoms with E-state index in [0.29, 0.717) is 42.3 Å². The molecular formula is C24H30N2O6S.